The number of rotatable bonds is 11. The Balaban J connectivity index is 1.29. The Hall–Kier alpha value is -4.31. The first-order valence-corrected chi connectivity index (χ1v) is 19.4. The molecule has 2 atom stereocenters. The van der Waals surface area contributed by atoms with Gasteiger partial charge in [0.1, 0.15) is 22.1 Å². The van der Waals surface area contributed by atoms with Gasteiger partial charge in [-0.05, 0) is 69.6 Å². The van der Waals surface area contributed by atoms with Crippen molar-refractivity contribution in [3.8, 4) is 11.5 Å². The maximum absolute atomic E-state index is 15.0. The molecule has 0 radical (unpaired) electrons. The molecule has 2 N–H and O–H groups in total. The number of aliphatic carboxylic acids is 1. The molecule has 55 heavy (non-hydrogen) atoms. The number of aliphatic hydroxyl groups is 1. The molecule has 0 unspecified atom stereocenters. The molecule has 3 fully saturated rings. The average Bonchev–Trinajstić information content (AvgIpc) is 3.65. The van der Waals surface area contributed by atoms with Crippen molar-refractivity contribution in [3.05, 3.63) is 75.7 Å². The van der Waals surface area contributed by atoms with Crippen LogP contribution in [0.4, 0.5) is 22.0 Å². The summed E-state index contributed by atoms with van der Waals surface area (Å²) in [7, 11) is 0. The number of carboxylic acid groups (broad SMARTS) is 1. The molecule has 16 heteroatoms. The van der Waals surface area contributed by atoms with E-state index in [2.05, 4.69) is 4.98 Å². The fraction of sp³-hybridized carbons (Fsp3) is 0.538. The van der Waals surface area contributed by atoms with Gasteiger partial charge in [0.15, 0.2) is 0 Å². The number of para-hydroxylation sites is 1. The highest BCUT2D eigenvalue weighted by atomic mass is 32.1. The highest BCUT2D eigenvalue weighted by molar-refractivity contribution is 7.10. The monoisotopic (exact) mass is 793 g/mol. The summed E-state index contributed by atoms with van der Waals surface area (Å²) in [6.45, 7) is 1.94. The van der Waals surface area contributed by atoms with Crippen LogP contribution >= 0.6 is 11.3 Å². The molecule has 2 aliphatic heterocycles. The van der Waals surface area contributed by atoms with Crippen LogP contribution in [0.15, 0.2) is 54.0 Å². The number of carbonyl (C=O) groups is 3. The zero-order chi connectivity index (χ0) is 39.5. The van der Waals surface area contributed by atoms with Gasteiger partial charge < -0.3 is 29.5 Å². The first-order chi connectivity index (χ1) is 26.2. The van der Waals surface area contributed by atoms with Gasteiger partial charge in [-0.15, -0.1) is 11.3 Å². The van der Waals surface area contributed by atoms with Gasteiger partial charge in [-0.25, -0.2) is 8.78 Å². The number of carboxylic acids is 1. The maximum atomic E-state index is 15.0. The lowest BCUT2D eigenvalue weighted by Crippen LogP contribution is -2.68. The number of benzene rings is 1. The molecule has 3 aromatic rings. The second kappa shape index (κ2) is 16.4. The number of ether oxygens (including phenoxy) is 2. The van der Waals surface area contributed by atoms with Crippen molar-refractivity contribution in [1.82, 2.24) is 14.8 Å². The van der Waals surface area contributed by atoms with Crippen molar-refractivity contribution in [3.63, 3.8) is 0 Å². The fourth-order valence-electron chi connectivity index (χ4n) is 8.22. The number of aromatic nitrogens is 1. The van der Waals surface area contributed by atoms with E-state index in [0.717, 1.165) is 17.5 Å². The number of halogens is 5. The summed E-state index contributed by atoms with van der Waals surface area (Å²) in [4.78, 5) is 46.3. The van der Waals surface area contributed by atoms with Crippen LogP contribution in [0.2, 0.25) is 0 Å². The van der Waals surface area contributed by atoms with Crippen molar-refractivity contribution >= 4 is 29.1 Å². The van der Waals surface area contributed by atoms with Crippen molar-refractivity contribution in [2.75, 3.05) is 19.6 Å². The summed E-state index contributed by atoms with van der Waals surface area (Å²) in [5.41, 5.74) is -3.84. The molecule has 1 aliphatic carbocycles. The van der Waals surface area contributed by atoms with Crippen LogP contribution in [0.1, 0.15) is 104 Å². The van der Waals surface area contributed by atoms with Crippen LogP contribution < -0.4 is 9.47 Å². The first-order valence-electron chi connectivity index (χ1n) is 18.6. The van der Waals surface area contributed by atoms with E-state index in [4.69, 9.17) is 9.47 Å². The minimum absolute atomic E-state index is 0.0263. The summed E-state index contributed by atoms with van der Waals surface area (Å²) in [5.74, 6) is -2.41. The predicted molar refractivity (Wildman–Crippen MR) is 191 cm³/mol. The third-order valence-electron chi connectivity index (χ3n) is 11.1. The Kier molecular flexibility index (Phi) is 12.1. The lowest BCUT2D eigenvalue weighted by molar-refractivity contribution is -0.163. The number of hydrogen-bond donors (Lipinski definition) is 2. The van der Waals surface area contributed by atoms with Crippen molar-refractivity contribution in [2.45, 2.75) is 107 Å². The van der Waals surface area contributed by atoms with Crippen LogP contribution in [0.25, 0.3) is 0 Å². The summed E-state index contributed by atoms with van der Waals surface area (Å²) in [6.07, 6.45) is -3.69. The zero-order valence-electron chi connectivity index (χ0n) is 30.3. The van der Waals surface area contributed by atoms with E-state index in [0.29, 0.717) is 54.8 Å². The highest BCUT2D eigenvalue weighted by Gasteiger charge is 2.56. The quantitative estimate of drug-likeness (QED) is 0.188. The van der Waals surface area contributed by atoms with Crippen molar-refractivity contribution in [2.24, 2.45) is 5.92 Å². The molecule has 2 amide bonds. The second-order valence-corrected chi connectivity index (χ2v) is 15.4. The average molecular weight is 794 g/mol. The van der Waals surface area contributed by atoms with Gasteiger partial charge in [0.25, 0.3) is 18.2 Å². The van der Waals surface area contributed by atoms with Crippen LogP contribution in [-0.4, -0.2) is 80.2 Å². The van der Waals surface area contributed by atoms with E-state index in [1.807, 2.05) is 6.92 Å². The minimum atomic E-state index is -4.67. The normalized spacial score (nSPS) is 24.4. The number of pyridine rings is 1. The predicted octanol–water partition coefficient (Wildman–Crippen LogP) is 7.85. The molecule has 1 saturated carbocycles. The number of piperidine rings is 2. The number of alkyl halides is 5. The topological polar surface area (TPSA) is 130 Å². The van der Waals surface area contributed by atoms with Gasteiger partial charge in [-0.2, -0.15) is 13.2 Å². The Morgan fingerprint density at radius 2 is 1.73 bits per heavy atom. The molecule has 2 saturated heterocycles. The maximum Gasteiger partial charge on any atom is 0.425 e. The van der Waals surface area contributed by atoms with Crippen molar-refractivity contribution < 1.29 is 56.0 Å². The standard InChI is InChI=1S/C39H44F5N3O7S/c1-2-7-30-38(54-26-22-31(55-23-26)39(42,43)44,15-6-19-47(30)34(48)32-27(33(40)41)8-5-18-45-32)36(51)46-20-16-37(52,17-21-46)28-9-3-4-10-29(28)53-25-13-11-24(12-14-25)35(49)50/h3-5,8-10,18,22-25,30,33,52H,2,6-7,11-17,19-21H2,1H3,(H,49,50)/t24?,25?,30-,38+/m1/s1. The van der Waals surface area contributed by atoms with Gasteiger partial charge in [-0.1, -0.05) is 31.5 Å². The second-order valence-electron chi connectivity index (χ2n) is 14.5. The molecule has 0 spiro atoms. The van der Waals surface area contributed by atoms with Crippen LogP contribution in [0.3, 0.4) is 0 Å². The smallest absolute Gasteiger partial charge is 0.425 e. The van der Waals surface area contributed by atoms with Crippen LogP contribution in [-0.2, 0) is 21.4 Å². The Morgan fingerprint density at radius 3 is 2.36 bits per heavy atom. The molecule has 1 aromatic carbocycles. The van der Waals surface area contributed by atoms with Crippen LogP contribution in [0, 0.1) is 5.92 Å². The van der Waals surface area contributed by atoms with Gasteiger partial charge in [-0.3, -0.25) is 19.4 Å². The fourth-order valence-corrected chi connectivity index (χ4v) is 8.90. The Labute approximate surface area is 319 Å². The third-order valence-corrected chi connectivity index (χ3v) is 12.0. The summed E-state index contributed by atoms with van der Waals surface area (Å²) >= 11 is 0.407. The number of likely N-dealkylation sites (tertiary alicyclic amines) is 2. The Morgan fingerprint density at radius 1 is 1.02 bits per heavy atom. The van der Waals surface area contributed by atoms with E-state index in [-0.39, 0.29) is 63.6 Å². The van der Waals surface area contributed by atoms with Gasteiger partial charge in [0.2, 0.25) is 5.60 Å². The van der Waals surface area contributed by atoms with Crippen molar-refractivity contribution in [1.29, 1.82) is 0 Å². The lowest BCUT2D eigenvalue weighted by atomic mass is 9.78. The molecular weight excluding hydrogens is 749 g/mol. The number of thiophene rings is 1. The molecule has 3 aliphatic rings. The first kappa shape index (κ1) is 40.4. The number of carbonyl (C=O) groups excluding carboxylic acids is 2. The lowest BCUT2D eigenvalue weighted by Gasteiger charge is -2.51. The summed E-state index contributed by atoms with van der Waals surface area (Å²) in [5, 5.41) is 22.6. The van der Waals surface area contributed by atoms with E-state index in [1.165, 1.54) is 22.1 Å². The number of hydrogen-bond acceptors (Lipinski definition) is 8. The molecule has 298 valence electrons. The summed E-state index contributed by atoms with van der Waals surface area (Å²) < 4.78 is 81.9. The number of nitrogens with zero attached hydrogens (tertiary/aromatic N) is 3. The van der Waals surface area contributed by atoms with E-state index in [1.54, 1.807) is 24.3 Å². The van der Waals surface area contributed by atoms with Gasteiger partial charge in [0.05, 0.1) is 23.7 Å². The zero-order valence-corrected chi connectivity index (χ0v) is 31.1. The molecule has 2 aromatic heterocycles. The highest BCUT2D eigenvalue weighted by Crippen LogP contribution is 2.44. The van der Waals surface area contributed by atoms with Gasteiger partial charge in [0, 0.05) is 54.8 Å². The van der Waals surface area contributed by atoms with Gasteiger partial charge >= 0.3 is 12.1 Å². The largest absolute Gasteiger partial charge is 0.490 e. The Bertz CT molecular complexity index is 1840. The van der Waals surface area contributed by atoms with E-state index < -0.39 is 69.7 Å². The van der Waals surface area contributed by atoms with E-state index in [9.17, 15) is 46.5 Å². The SMILES string of the molecule is CCC[C@H]1N(C(=O)c2ncccc2C(F)F)CCC[C@@]1(Oc1csc(C(F)(F)F)c1)C(=O)N1CCC(O)(c2ccccc2OC2CCC(C(=O)O)CC2)CC1. The minimum Gasteiger partial charge on any atom is -0.490 e. The molecule has 10 nitrogen and oxygen atoms in total. The molecule has 4 heterocycles. The molecular formula is C39H44F5N3O7S. The summed E-state index contributed by atoms with van der Waals surface area (Å²) in [6, 6.07) is 9.19. The molecule has 6 rings (SSSR count). The van der Waals surface area contributed by atoms with Crippen LogP contribution in [0.5, 0.6) is 11.5 Å². The molecule has 0 bridgehead atoms. The number of amides is 2. The third kappa shape index (κ3) is 8.44. The van der Waals surface area contributed by atoms with E-state index >= 15 is 0 Å².